The van der Waals surface area contributed by atoms with Gasteiger partial charge in [0.2, 0.25) is 11.8 Å². The monoisotopic (exact) mass is 938 g/mol. The van der Waals surface area contributed by atoms with E-state index >= 15 is 0 Å². The van der Waals surface area contributed by atoms with Crippen molar-refractivity contribution in [3.05, 3.63) is 58.2 Å². The average Bonchev–Trinajstić information content (AvgIpc) is 4.00. The molecule has 67 heavy (non-hydrogen) atoms. The van der Waals surface area contributed by atoms with Crippen LogP contribution in [0.3, 0.4) is 0 Å². The second-order valence-electron chi connectivity index (χ2n) is 19.6. The van der Waals surface area contributed by atoms with Crippen LogP contribution in [0.2, 0.25) is 0 Å². The zero-order valence-electron chi connectivity index (χ0n) is 40.3. The van der Waals surface area contributed by atoms with E-state index < -0.39 is 41.3 Å². The fraction of sp³-hybridized carbons (Fsp3) is 0.571. The number of urea groups is 1. The first kappa shape index (κ1) is 48.0. The fourth-order valence-electron chi connectivity index (χ4n) is 9.98. The van der Waals surface area contributed by atoms with Crippen LogP contribution >= 0.6 is 11.3 Å². The Morgan fingerprint density at radius 3 is 2.60 bits per heavy atom. The molecule has 3 N–H and O–H groups in total. The number of hydrazine groups is 1. The van der Waals surface area contributed by atoms with Crippen LogP contribution in [0.15, 0.2) is 41.9 Å². The number of rotatable bonds is 9. The van der Waals surface area contributed by atoms with E-state index in [1.54, 1.807) is 25.3 Å². The normalized spacial score (nSPS) is 23.1. The minimum absolute atomic E-state index is 0.0454. The van der Waals surface area contributed by atoms with Crippen molar-refractivity contribution in [3.8, 4) is 22.5 Å². The van der Waals surface area contributed by atoms with Gasteiger partial charge in [0.05, 0.1) is 40.8 Å². The van der Waals surface area contributed by atoms with Crippen molar-refractivity contribution >= 4 is 52.0 Å². The third-order valence-corrected chi connectivity index (χ3v) is 14.5. The number of cyclic esters (lactones) is 1. The van der Waals surface area contributed by atoms with Crippen LogP contribution in [0, 0.1) is 11.3 Å². The fourth-order valence-corrected chi connectivity index (χ4v) is 10.8. The van der Waals surface area contributed by atoms with Gasteiger partial charge in [0.25, 0.3) is 5.91 Å². The molecule has 18 heteroatoms. The molecule has 8 rings (SSSR count). The lowest BCUT2D eigenvalue weighted by atomic mass is 9.84. The van der Waals surface area contributed by atoms with E-state index in [0.29, 0.717) is 63.5 Å². The van der Waals surface area contributed by atoms with Crippen LogP contribution in [-0.4, -0.2) is 148 Å². The molecule has 0 unspecified atom stereocenters. The van der Waals surface area contributed by atoms with Gasteiger partial charge in [-0.15, -0.1) is 11.3 Å². The molecule has 3 saturated heterocycles. The number of methoxy groups -OCH3 is 1. The molecule has 0 saturated carbocycles. The number of aromatic nitrogens is 3. The summed E-state index contributed by atoms with van der Waals surface area (Å²) in [7, 11) is 3.30. The van der Waals surface area contributed by atoms with E-state index in [-0.39, 0.29) is 49.1 Å². The van der Waals surface area contributed by atoms with Crippen molar-refractivity contribution in [1.82, 2.24) is 50.3 Å². The Hall–Kier alpha value is -5.43. The number of fused-ring (bicyclic) bond motifs is 6. The summed E-state index contributed by atoms with van der Waals surface area (Å²) in [4.78, 5) is 84.9. The lowest BCUT2D eigenvalue weighted by Crippen LogP contribution is -2.63. The smallest absolute Gasteiger partial charge is 0.324 e. The van der Waals surface area contributed by atoms with Crippen LogP contribution < -0.4 is 16.1 Å². The van der Waals surface area contributed by atoms with Crippen LogP contribution in [0.5, 0.6) is 0 Å². The predicted octanol–water partition coefficient (Wildman–Crippen LogP) is 4.78. The number of hydrogen-bond donors (Lipinski definition) is 3. The molecule has 4 aromatic rings. The molecule has 360 valence electrons. The third kappa shape index (κ3) is 9.94. The Morgan fingerprint density at radius 2 is 1.90 bits per heavy atom. The summed E-state index contributed by atoms with van der Waals surface area (Å²) >= 11 is 1.41. The van der Waals surface area contributed by atoms with E-state index in [9.17, 15) is 24.0 Å². The Morgan fingerprint density at radius 1 is 1.12 bits per heavy atom. The van der Waals surface area contributed by atoms with Gasteiger partial charge in [-0.2, -0.15) is 0 Å². The molecule has 0 aliphatic carbocycles. The molecule has 17 nitrogen and oxygen atoms in total. The maximum absolute atomic E-state index is 14.7. The van der Waals surface area contributed by atoms with E-state index in [1.165, 1.54) is 21.2 Å². The molecule has 5 amide bonds. The summed E-state index contributed by atoms with van der Waals surface area (Å²) in [5.41, 5.74) is 9.28. The highest BCUT2D eigenvalue weighted by Crippen LogP contribution is 2.42. The summed E-state index contributed by atoms with van der Waals surface area (Å²) in [6.07, 6.45) is 3.20. The molecule has 6 bridgehead atoms. The Labute approximate surface area is 396 Å². The van der Waals surface area contributed by atoms with Crippen LogP contribution in [0.4, 0.5) is 4.79 Å². The number of aryl methyl sites for hydroxylation is 1. The van der Waals surface area contributed by atoms with E-state index in [1.807, 2.05) is 44.0 Å². The number of benzene rings is 1. The van der Waals surface area contributed by atoms with Crippen LogP contribution in [0.25, 0.3) is 33.4 Å². The molecule has 6 atom stereocenters. The minimum atomic E-state index is -1.08. The molecule has 4 aliphatic rings. The SMILES string of the molecule is CCn1c(-c2cccnc2[C@H](C)OC)c2c3cc(ccc31)-c1csc(n1)C[C@H](NC(=O)[C@H](C(C)C)N(C)C(=O)N1CCN(C(=O)[C@@H]3CN3)[C@@H](C)C1)C(=O)N1CCC[C@H](N1)C(=O)OCC(C)(C)C2. The summed E-state index contributed by atoms with van der Waals surface area (Å²) in [5.74, 6) is -1.63. The van der Waals surface area contributed by atoms with Gasteiger partial charge in [-0.3, -0.25) is 29.2 Å². The number of nitrogens with one attached hydrogen (secondary N) is 3. The number of hydrogen-bond acceptors (Lipinski definition) is 12. The molecular weight excluding hydrogens is 873 g/mol. The number of carbonyl (C=O) groups excluding carboxylic acids is 5. The second kappa shape index (κ2) is 19.7. The Bertz CT molecular complexity index is 2520. The number of esters is 1. The van der Waals surface area contributed by atoms with Gasteiger partial charge in [0.1, 0.15) is 18.1 Å². The Balaban J connectivity index is 1.13. The van der Waals surface area contributed by atoms with Crippen molar-refractivity contribution in [3.63, 3.8) is 0 Å². The number of carbonyl (C=O) groups is 5. The number of piperazine rings is 1. The lowest BCUT2D eigenvalue weighted by molar-refractivity contribution is -0.155. The van der Waals surface area contributed by atoms with Crippen molar-refractivity contribution in [2.24, 2.45) is 11.3 Å². The number of likely N-dealkylation sites (N-methyl/N-ethyl adjacent to an activating group) is 1. The van der Waals surface area contributed by atoms with Crippen LogP contribution in [0.1, 0.15) is 83.7 Å². The molecule has 0 radical (unpaired) electrons. The highest BCUT2D eigenvalue weighted by atomic mass is 32.1. The third-order valence-electron chi connectivity index (χ3n) is 13.7. The van der Waals surface area contributed by atoms with Gasteiger partial charge < -0.3 is 39.4 Å². The highest BCUT2D eigenvalue weighted by molar-refractivity contribution is 7.10. The molecular formula is C49H66N10O7S. The summed E-state index contributed by atoms with van der Waals surface area (Å²) in [6.45, 7) is 16.9. The van der Waals surface area contributed by atoms with Gasteiger partial charge >= 0.3 is 12.0 Å². The summed E-state index contributed by atoms with van der Waals surface area (Å²) in [6, 6.07) is 6.96. The maximum atomic E-state index is 14.7. The molecule has 1 aromatic carbocycles. The first-order valence-electron chi connectivity index (χ1n) is 23.7. The number of amides is 5. The largest absolute Gasteiger partial charge is 0.464 e. The maximum Gasteiger partial charge on any atom is 0.324 e. The van der Waals surface area contributed by atoms with Crippen molar-refractivity contribution in [2.45, 2.75) is 117 Å². The van der Waals surface area contributed by atoms with Crippen molar-refractivity contribution in [1.29, 1.82) is 0 Å². The first-order valence-corrected chi connectivity index (χ1v) is 24.6. The average molecular weight is 939 g/mol. The lowest BCUT2D eigenvalue weighted by Gasteiger charge is -2.42. The summed E-state index contributed by atoms with van der Waals surface area (Å²) in [5, 5.41) is 11.2. The molecule has 3 fully saturated rings. The molecule has 3 aromatic heterocycles. The van der Waals surface area contributed by atoms with Gasteiger partial charge in [0.15, 0.2) is 0 Å². The standard InChI is InChI=1S/C49H66N10O7S/c1-10-57-39-16-15-31-21-33(39)34(43(57)32-13-11-17-50-41(32)30(5)65-9)23-49(6,7)27-66-47(63)35-14-12-18-59(54-35)46(62)36(22-40-52-38(31)26-67-40)53-44(60)42(28(2)3)55(8)48(64)56-19-20-58(29(4)25-56)45(61)37-24-51-37/h11,13,15-17,21,26,28-30,35-37,42,51,54H,10,12,14,18-20,22-25,27H2,1-9H3,(H,53,60)/t29-,30-,35-,36-,37-,42-/m0/s1. The second-order valence-corrected chi connectivity index (χ2v) is 20.6. The Kier molecular flexibility index (Phi) is 14.1. The number of pyridine rings is 1. The van der Waals surface area contributed by atoms with Gasteiger partial charge in [-0.05, 0) is 75.8 Å². The minimum Gasteiger partial charge on any atom is -0.464 e. The molecule has 0 spiro atoms. The number of nitrogens with zero attached hydrogens (tertiary/aromatic N) is 7. The van der Waals surface area contributed by atoms with E-state index in [2.05, 4.69) is 65.7 Å². The zero-order chi connectivity index (χ0) is 47.9. The van der Waals surface area contributed by atoms with E-state index in [4.69, 9.17) is 19.4 Å². The number of ether oxygens (including phenoxy) is 2. The van der Waals surface area contributed by atoms with Gasteiger partial charge in [0, 0.05) is 105 Å². The summed E-state index contributed by atoms with van der Waals surface area (Å²) < 4.78 is 14.2. The first-order chi connectivity index (χ1) is 32.0. The highest BCUT2D eigenvalue weighted by Gasteiger charge is 2.42. The van der Waals surface area contributed by atoms with Crippen molar-refractivity contribution < 1.29 is 33.4 Å². The molecule has 4 aliphatic heterocycles. The number of thiazole rings is 1. The van der Waals surface area contributed by atoms with Crippen LogP contribution in [-0.2, 0) is 48.0 Å². The quantitative estimate of drug-likeness (QED) is 0.155. The molecule has 7 heterocycles. The van der Waals surface area contributed by atoms with Gasteiger partial charge in [-0.1, -0.05) is 33.8 Å². The predicted molar refractivity (Wildman–Crippen MR) is 256 cm³/mol. The van der Waals surface area contributed by atoms with Gasteiger partial charge in [-0.25, -0.2) is 15.2 Å². The zero-order valence-corrected chi connectivity index (χ0v) is 41.1. The van der Waals surface area contributed by atoms with Crippen molar-refractivity contribution in [2.75, 3.05) is 53.5 Å². The topological polar surface area (TPSA) is 193 Å². The van der Waals surface area contributed by atoms with E-state index in [0.717, 1.165) is 44.7 Å².